The van der Waals surface area contributed by atoms with Crippen molar-refractivity contribution in [2.45, 2.75) is 25.9 Å². The quantitative estimate of drug-likeness (QED) is 0.742. The minimum Gasteiger partial charge on any atom is -0.316 e. The number of rotatable bonds is 5. The average molecular weight is 356 g/mol. The molecule has 130 valence electrons. The zero-order chi connectivity index (χ0) is 17.1. The second kappa shape index (κ2) is 7.33. The average Bonchev–Trinajstić information content (AvgIpc) is 3.28. The number of likely N-dealkylation sites (tertiary alicyclic amines) is 1. The number of tetrazole rings is 1. The van der Waals surface area contributed by atoms with Crippen LogP contribution in [0.25, 0.3) is 5.00 Å². The highest BCUT2D eigenvalue weighted by Crippen LogP contribution is 2.16. The normalized spacial score (nSPS) is 20.6. The van der Waals surface area contributed by atoms with Gasteiger partial charge in [0.2, 0.25) is 0 Å². The Morgan fingerprint density at radius 1 is 1.08 bits per heavy atom. The standard InChI is InChI=1S/C18H21N5OS/c24-18-22(19-20-23(18)17-7-4-12-25-17)14-21-10-8-16(9-11-21)13-15-5-2-1-3-6-15/h1-7,12,16H,8-11,13-14H2/p+1. The Bertz CT molecular complexity index is 847. The van der Waals surface area contributed by atoms with E-state index in [1.807, 2.05) is 17.5 Å². The van der Waals surface area contributed by atoms with Crippen LogP contribution in [0.1, 0.15) is 18.4 Å². The van der Waals surface area contributed by atoms with Gasteiger partial charge in [-0.1, -0.05) is 30.3 Å². The lowest BCUT2D eigenvalue weighted by molar-refractivity contribution is -0.929. The number of piperidine rings is 1. The fourth-order valence-corrected chi connectivity index (χ4v) is 4.18. The van der Waals surface area contributed by atoms with Crippen LogP contribution < -0.4 is 10.6 Å². The number of nitrogens with one attached hydrogen (secondary N) is 1. The van der Waals surface area contributed by atoms with E-state index < -0.39 is 0 Å². The van der Waals surface area contributed by atoms with Crippen LogP contribution in [0.3, 0.4) is 0 Å². The second-order valence-corrected chi connectivity index (χ2v) is 7.59. The number of nitrogens with zero attached hydrogens (tertiary/aromatic N) is 4. The molecule has 0 unspecified atom stereocenters. The summed E-state index contributed by atoms with van der Waals surface area (Å²) < 4.78 is 2.87. The lowest BCUT2D eigenvalue weighted by atomic mass is 9.90. The Morgan fingerprint density at radius 3 is 2.60 bits per heavy atom. The molecular formula is C18H22N5OS+. The molecule has 0 saturated carbocycles. The lowest BCUT2D eigenvalue weighted by Gasteiger charge is -2.28. The SMILES string of the molecule is O=c1n(C[NH+]2CCC(Cc3ccccc3)CC2)nnn1-c1cccs1. The smallest absolute Gasteiger partial charge is 0.316 e. The first kappa shape index (κ1) is 16.2. The number of benzene rings is 1. The minimum absolute atomic E-state index is 0.152. The van der Waals surface area contributed by atoms with Gasteiger partial charge < -0.3 is 4.90 Å². The molecule has 1 saturated heterocycles. The highest BCUT2D eigenvalue weighted by atomic mass is 32.1. The third-order valence-electron chi connectivity index (χ3n) is 4.91. The number of hydrogen-bond acceptors (Lipinski definition) is 4. The number of quaternary nitrogens is 1. The highest BCUT2D eigenvalue weighted by Gasteiger charge is 2.24. The first-order valence-corrected chi connectivity index (χ1v) is 9.62. The van der Waals surface area contributed by atoms with Gasteiger partial charge in [-0.2, -0.15) is 0 Å². The Kier molecular flexibility index (Phi) is 4.76. The van der Waals surface area contributed by atoms with Gasteiger partial charge in [0.05, 0.1) is 13.1 Å². The maximum absolute atomic E-state index is 12.4. The second-order valence-electron chi connectivity index (χ2n) is 6.67. The van der Waals surface area contributed by atoms with Gasteiger partial charge in [-0.25, -0.2) is 4.79 Å². The summed E-state index contributed by atoms with van der Waals surface area (Å²) in [6, 6.07) is 14.5. The zero-order valence-corrected chi connectivity index (χ0v) is 14.9. The summed E-state index contributed by atoms with van der Waals surface area (Å²) in [7, 11) is 0. The lowest BCUT2D eigenvalue weighted by Crippen LogP contribution is -3.12. The molecule has 4 rings (SSSR count). The van der Waals surface area contributed by atoms with E-state index in [-0.39, 0.29) is 5.69 Å². The molecule has 1 aliphatic heterocycles. The maximum Gasteiger partial charge on any atom is 0.374 e. The monoisotopic (exact) mass is 356 g/mol. The summed E-state index contributed by atoms with van der Waals surface area (Å²) in [6.07, 6.45) is 3.54. The molecule has 2 aromatic heterocycles. The minimum atomic E-state index is -0.152. The van der Waals surface area contributed by atoms with Crippen molar-refractivity contribution in [3.05, 3.63) is 63.9 Å². The molecule has 1 fully saturated rings. The van der Waals surface area contributed by atoms with Gasteiger partial charge in [-0.15, -0.1) is 20.7 Å². The van der Waals surface area contributed by atoms with Crippen molar-refractivity contribution in [3.63, 3.8) is 0 Å². The topological polar surface area (TPSA) is 57.1 Å². The molecule has 1 aliphatic rings. The molecule has 25 heavy (non-hydrogen) atoms. The Morgan fingerprint density at radius 2 is 1.88 bits per heavy atom. The third kappa shape index (κ3) is 3.72. The van der Waals surface area contributed by atoms with Crippen molar-refractivity contribution < 1.29 is 4.90 Å². The molecule has 0 atom stereocenters. The van der Waals surface area contributed by atoms with Crippen LogP contribution in [0.5, 0.6) is 0 Å². The van der Waals surface area contributed by atoms with Gasteiger partial charge in [0.1, 0.15) is 5.00 Å². The van der Waals surface area contributed by atoms with Crippen LogP contribution >= 0.6 is 11.3 Å². The van der Waals surface area contributed by atoms with E-state index in [2.05, 4.69) is 40.8 Å². The first-order valence-electron chi connectivity index (χ1n) is 8.74. The van der Waals surface area contributed by atoms with E-state index in [1.165, 1.54) is 44.0 Å². The van der Waals surface area contributed by atoms with E-state index in [9.17, 15) is 4.79 Å². The van der Waals surface area contributed by atoms with Gasteiger partial charge >= 0.3 is 5.69 Å². The molecule has 0 spiro atoms. The van der Waals surface area contributed by atoms with E-state index in [0.717, 1.165) is 30.4 Å². The number of hydrogen-bond donors (Lipinski definition) is 1. The van der Waals surface area contributed by atoms with Gasteiger partial charge in [-0.05, 0) is 58.7 Å². The summed E-state index contributed by atoms with van der Waals surface area (Å²) in [5.41, 5.74) is 1.27. The largest absolute Gasteiger partial charge is 0.374 e. The van der Waals surface area contributed by atoms with Gasteiger partial charge in [0.15, 0.2) is 6.67 Å². The van der Waals surface area contributed by atoms with E-state index in [1.54, 1.807) is 0 Å². The van der Waals surface area contributed by atoms with Crippen molar-refractivity contribution in [1.29, 1.82) is 0 Å². The fraction of sp³-hybridized carbons (Fsp3) is 0.389. The molecular weight excluding hydrogens is 334 g/mol. The molecule has 7 heteroatoms. The summed E-state index contributed by atoms with van der Waals surface area (Å²) in [5.74, 6) is 0.740. The molecule has 3 aromatic rings. The van der Waals surface area contributed by atoms with E-state index in [4.69, 9.17) is 0 Å². The molecule has 1 N–H and O–H groups in total. The molecule has 6 nitrogen and oxygen atoms in total. The van der Waals surface area contributed by atoms with Crippen LogP contribution in [-0.2, 0) is 13.1 Å². The van der Waals surface area contributed by atoms with Crippen molar-refractivity contribution in [2.24, 2.45) is 5.92 Å². The van der Waals surface area contributed by atoms with Crippen molar-refractivity contribution >= 4 is 11.3 Å². The van der Waals surface area contributed by atoms with Crippen LogP contribution in [0.4, 0.5) is 0 Å². The maximum atomic E-state index is 12.4. The van der Waals surface area contributed by atoms with Crippen LogP contribution in [-0.4, -0.2) is 32.9 Å². The summed E-state index contributed by atoms with van der Waals surface area (Å²) in [4.78, 5) is 13.8. The third-order valence-corrected chi connectivity index (χ3v) is 5.75. The summed E-state index contributed by atoms with van der Waals surface area (Å²) in [5, 5.41) is 10.8. The predicted molar refractivity (Wildman–Crippen MR) is 97.1 cm³/mol. The van der Waals surface area contributed by atoms with E-state index >= 15 is 0 Å². The van der Waals surface area contributed by atoms with Crippen molar-refractivity contribution in [2.75, 3.05) is 13.1 Å². The zero-order valence-electron chi connectivity index (χ0n) is 14.0. The van der Waals surface area contributed by atoms with Gasteiger partial charge in [0.25, 0.3) is 0 Å². The molecule has 0 aliphatic carbocycles. The van der Waals surface area contributed by atoms with Crippen molar-refractivity contribution in [1.82, 2.24) is 19.8 Å². The summed E-state index contributed by atoms with van der Waals surface area (Å²) in [6.45, 7) is 2.76. The molecule has 0 bridgehead atoms. The van der Waals surface area contributed by atoms with E-state index in [0.29, 0.717) is 6.67 Å². The Hall–Kier alpha value is -2.25. The van der Waals surface area contributed by atoms with Gasteiger partial charge in [-0.3, -0.25) is 0 Å². The predicted octanol–water partition coefficient (Wildman–Crippen LogP) is 0.986. The fourth-order valence-electron chi connectivity index (χ4n) is 3.51. The first-order chi connectivity index (χ1) is 12.3. The van der Waals surface area contributed by atoms with Crippen LogP contribution in [0.2, 0.25) is 0 Å². The van der Waals surface area contributed by atoms with Crippen molar-refractivity contribution in [3.8, 4) is 5.00 Å². The van der Waals surface area contributed by atoms with Gasteiger partial charge in [0, 0.05) is 0 Å². The molecule has 0 amide bonds. The molecule has 1 aromatic carbocycles. The molecule has 0 radical (unpaired) electrons. The summed E-state index contributed by atoms with van der Waals surface area (Å²) >= 11 is 1.49. The van der Waals surface area contributed by atoms with Crippen LogP contribution in [0.15, 0.2) is 52.6 Å². The highest BCUT2D eigenvalue weighted by molar-refractivity contribution is 7.12. The van der Waals surface area contributed by atoms with Crippen LogP contribution in [0, 0.1) is 5.92 Å². The number of thiophene rings is 1. The molecule has 3 heterocycles. The number of aromatic nitrogens is 4. The Labute approximate surface area is 150 Å². The Balaban J connectivity index is 1.34.